The van der Waals surface area contributed by atoms with E-state index >= 15 is 0 Å². The van der Waals surface area contributed by atoms with Crippen molar-refractivity contribution in [3.05, 3.63) is 63.9 Å². The zero-order chi connectivity index (χ0) is 13.0. The number of rotatable bonds is 4. The Kier molecular flexibility index (Phi) is 4.61. The van der Waals surface area contributed by atoms with E-state index in [1.807, 2.05) is 18.2 Å². The minimum atomic E-state index is -0.244. The van der Waals surface area contributed by atoms with Gasteiger partial charge in [0.1, 0.15) is 18.2 Å². The fourth-order valence-electron chi connectivity index (χ4n) is 1.49. The lowest BCUT2D eigenvalue weighted by Gasteiger charge is -2.08. The van der Waals surface area contributed by atoms with Gasteiger partial charge in [-0.2, -0.15) is 0 Å². The Bertz CT molecular complexity index is 528. The minimum Gasteiger partial charge on any atom is -0.489 e. The molecule has 18 heavy (non-hydrogen) atoms. The molecule has 0 aliphatic heterocycles. The fraction of sp³-hybridized carbons (Fsp3) is 0.143. The Hall–Kier alpha value is -1.06. The summed E-state index contributed by atoms with van der Waals surface area (Å²) in [7, 11) is 0. The maximum atomic E-state index is 12.7. The lowest BCUT2D eigenvalue weighted by molar-refractivity contribution is 0.306. The highest BCUT2D eigenvalue weighted by atomic mass is 79.9. The molecule has 0 spiro atoms. The van der Waals surface area contributed by atoms with E-state index in [9.17, 15) is 4.39 Å². The van der Waals surface area contributed by atoms with E-state index < -0.39 is 0 Å². The van der Waals surface area contributed by atoms with Crippen LogP contribution in [0.4, 0.5) is 4.39 Å². The van der Waals surface area contributed by atoms with E-state index in [-0.39, 0.29) is 5.82 Å². The molecule has 0 unspecified atom stereocenters. The third kappa shape index (κ3) is 3.47. The molecule has 0 saturated heterocycles. The van der Waals surface area contributed by atoms with Crippen LogP contribution in [0.15, 0.2) is 46.9 Å². The smallest absolute Gasteiger partial charge is 0.123 e. The highest BCUT2D eigenvalue weighted by Gasteiger charge is 2.02. The Balaban J connectivity index is 2.04. The number of benzene rings is 2. The summed E-state index contributed by atoms with van der Waals surface area (Å²) in [5, 5.41) is 0. The van der Waals surface area contributed by atoms with Gasteiger partial charge in [-0.3, -0.25) is 0 Å². The van der Waals surface area contributed by atoms with Crippen LogP contribution in [0.5, 0.6) is 5.75 Å². The average Bonchev–Trinajstić information content (AvgIpc) is 2.39. The fourth-order valence-corrected chi connectivity index (χ4v) is 2.26. The standard InChI is InChI=1S/C14H11BrClFO/c15-14-6-5-13(7-11(14)8-16)18-9-10-1-3-12(17)4-2-10/h1-7H,8-9H2. The van der Waals surface area contributed by atoms with Crippen molar-refractivity contribution in [2.75, 3.05) is 0 Å². The van der Waals surface area contributed by atoms with E-state index in [1.165, 1.54) is 12.1 Å². The Morgan fingerprint density at radius 3 is 2.50 bits per heavy atom. The van der Waals surface area contributed by atoms with Gasteiger partial charge in [-0.05, 0) is 41.5 Å². The van der Waals surface area contributed by atoms with Crippen LogP contribution in [0.3, 0.4) is 0 Å². The molecule has 0 amide bonds. The van der Waals surface area contributed by atoms with Gasteiger partial charge in [0.05, 0.1) is 0 Å². The topological polar surface area (TPSA) is 9.23 Å². The molecule has 0 atom stereocenters. The molecule has 94 valence electrons. The van der Waals surface area contributed by atoms with Crippen molar-refractivity contribution in [1.82, 2.24) is 0 Å². The summed E-state index contributed by atoms with van der Waals surface area (Å²) in [5.74, 6) is 0.930. The van der Waals surface area contributed by atoms with Crippen molar-refractivity contribution in [3.63, 3.8) is 0 Å². The lowest BCUT2D eigenvalue weighted by atomic mass is 10.2. The van der Waals surface area contributed by atoms with Crippen LogP contribution < -0.4 is 4.74 Å². The first-order valence-electron chi connectivity index (χ1n) is 5.40. The lowest BCUT2D eigenvalue weighted by Crippen LogP contribution is -1.96. The van der Waals surface area contributed by atoms with Gasteiger partial charge >= 0.3 is 0 Å². The number of halogens is 3. The summed E-state index contributed by atoms with van der Waals surface area (Å²) in [5.41, 5.74) is 1.90. The Morgan fingerprint density at radius 2 is 1.83 bits per heavy atom. The zero-order valence-corrected chi connectivity index (χ0v) is 11.8. The molecule has 2 aromatic rings. The van der Waals surface area contributed by atoms with E-state index in [0.29, 0.717) is 12.5 Å². The first-order valence-corrected chi connectivity index (χ1v) is 6.73. The minimum absolute atomic E-state index is 0.244. The Labute approximate surface area is 119 Å². The second kappa shape index (κ2) is 6.21. The van der Waals surface area contributed by atoms with Gasteiger partial charge in [-0.1, -0.05) is 28.1 Å². The quantitative estimate of drug-likeness (QED) is 0.725. The maximum absolute atomic E-state index is 12.7. The highest BCUT2D eigenvalue weighted by Crippen LogP contribution is 2.24. The van der Waals surface area contributed by atoms with Gasteiger partial charge in [0, 0.05) is 10.4 Å². The van der Waals surface area contributed by atoms with E-state index in [1.54, 1.807) is 12.1 Å². The van der Waals surface area contributed by atoms with Crippen LogP contribution in [0, 0.1) is 5.82 Å². The number of alkyl halides is 1. The second-order valence-electron chi connectivity index (χ2n) is 3.80. The second-order valence-corrected chi connectivity index (χ2v) is 4.92. The molecule has 2 rings (SSSR count). The molecule has 0 bridgehead atoms. The largest absolute Gasteiger partial charge is 0.489 e. The first-order chi connectivity index (χ1) is 8.69. The molecular weight excluding hydrogens is 319 g/mol. The van der Waals surface area contributed by atoms with Gasteiger partial charge in [0.2, 0.25) is 0 Å². The molecule has 4 heteroatoms. The summed E-state index contributed by atoms with van der Waals surface area (Å²) >= 11 is 9.22. The zero-order valence-electron chi connectivity index (χ0n) is 9.50. The third-order valence-electron chi connectivity index (χ3n) is 2.48. The monoisotopic (exact) mass is 328 g/mol. The van der Waals surface area contributed by atoms with Gasteiger partial charge in [0.15, 0.2) is 0 Å². The van der Waals surface area contributed by atoms with Gasteiger partial charge in [0.25, 0.3) is 0 Å². The normalized spacial score (nSPS) is 10.4. The van der Waals surface area contributed by atoms with Crippen LogP contribution in [0.2, 0.25) is 0 Å². The first kappa shape index (κ1) is 13.4. The predicted octanol–water partition coefficient (Wildman–Crippen LogP) is 4.91. The van der Waals surface area contributed by atoms with Crippen LogP contribution in [-0.4, -0.2) is 0 Å². The molecular formula is C14H11BrClFO. The van der Waals surface area contributed by atoms with Crippen molar-refractivity contribution in [2.24, 2.45) is 0 Å². The summed E-state index contributed by atoms with van der Waals surface area (Å²) in [6.45, 7) is 0.406. The molecule has 0 N–H and O–H groups in total. The molecule has 1 nitrogen and oxygen atoms in total. The molecule has 0 fully saturated rings. The third-order valence-corrected chi connectivity index (χ3v) is 3.54. The van der Waals surface area contributed by atoms with Gasteiger partial charge in [-0.15, -0.1) is 11.6 Å². The summed E-state index contributed by atoms with van der Waals surface area (Å²) in [6, 6.07) is 11.9. The summed E-state index contributed by atoms with van der Waals surface area (Å²) < 4.78 is 19.3. The van der Waals surface area contributed by atoms with Gasteiger partial charge in [-0.25, -0.2) is 4.39 Å². The van der Waals surface area contributed by atoms with E-state index in [4.69, 9.17) is 16.3 Å². The van der Waals surface area contributed by atoms with Crippen LogP contribution in [0.25, 0.3) is 0 Å². The molecule has 2 aromatic carbocycles. The number of ether oxygens (including phenoxy) is 1. The van der Waals surface area contributed by atoms with Crippen LogP contribution in [-0.2, 0) is 12.5 Å². The van der Waals surface area contributed by atoms with Crippen LogP contribution >= 0.6 is 27.5 Å². The summed E-state index contributed by atoms with van der Waals surface area (Å²) in [4.78, 5) is 0. The van der Waals surface area contributed by atoms with Crippen molar-refractivity contribution < 1.29 is 9.13 Å². The van der Waals surface area contributed by atoms with E-state index in [0.717, 1.165) is 21.3 Å². The van der Waals surface area contributed by atoms with Crippen molar-refractivity contribution in [1.29, 1.82) is 0 Å². The number of hydrogen-bond donors (Lipinski definition) is 0. The molecule has 0 aliphatic rings. The average molecular weight is 330 g/mol. The van der Waals surface area contributed by atoms with E-state index in [2.05, 4.69) is 15.9 Å². The SMILES string of the molecule is Fc1ccc(COc2ccc(Br)c(CCl)c2)cc1. The molecule has 0 saturated carbocycles. The Morgan fingerprint density at radius 1 is 1.11 bits per heavy atom. The van der Waals surface area contributed by atoms with Crippen molar-refractivity contribution in [3.8, 4) is 5.75 Å². The van der Waals surface area contributed by atoms with Crippen molar-refractivity contribution >= 4 is 27.5 Å². The molecule has 0 aromatic heterocycles. The highest BCUT2D eigenvalue weighted by molar-refractivity contribution is 9.10. The molecule has 0 heterocycles. The van der Waals surface area contributed by atoms with Gasteiger partial charge < -0.3 is 4.74 Å². The number of hydrogen-bond acceptors (Lipinski definition) is 1. The predicted molar refractivity (Wildman–Crippen MR) is 74.4 cm³/mol. The van der Waals surface area contributed by atoms with Crippen LogP contribution in [0.1, 0.15) is 11.1 Å². The molecule has 0 aliphatic carbocycles. The van der Waals surface area contributed by atoms with Crippen molar-refractivity contribution in [2.45, 2.75) is 12.5 Å². The molecule has 0 radical (unpaired) electrons. The maximum Gasteiger partial charge on any atom is 0.123 e. The summed E-state index contributed by atoms with van der Waals surface area (Å²) in [6.07, 6.45) is 0.